The van der Waals surface area contributed by atoms with Crippen LogP contribution in [0.3, 0.4) is 0 Å². The van der Waals surface area contributed by atoms with Crippen molar-refractivity contribution in [2.45, 2.75) is 18.2 Å². The van der Waals surface area contributed by atoms with Gasteiger partial charge in [-0.1, -0.05) is 52.3 Å². The molecule has 17 heavy (non-hydrogen) atoms. The Kier molecular flexibility index (Phi) is 3.30. The summed E-state index contributed by atoms with van der Waals surface area (Å²) in [5.41, 5.74) is 1.47. The highest BCUT2D eigenvalue weighted by molar-refractivity contribution is 9.09. The summed E-state index contributed by atoms with van der Waals surface area (Å²) in [6.07, 6.45) is 0. The van der Waals surface area contributed by atoms with Gasteiger partial charge in [-0.25, -0.2) is 0 Å². The van der Waals surface area contributed by atoms with Crippen molar-refractivity contribution in [2.75, 3.05) is 0 Å². The highest BCUT2D eigenvalue weighted by Gasteiger charge is 2.27. The predicted molar refractivity (Wildman–Crippen MR) is 75.7 cm³/mol. The van der Waals surface area contributed by atoms with Gasteiger partial charge in [0, 0.05) is 4.32 Å². The zero-order valence-electron chi connectivity index (χ0n) is 9.81. The minimum Gasteiger partial charge on any atom is -0.423 e. The summed E-state index contributed by atoms with van der Waals surface area (Å²) >= 11 is 3.57. The van der Waals surface area contributed by atoms with E-state index in [1.165, 1.54) is 0 Å². The molecule has 2 aromatic carbocycles. The van der Waals surface area contributed by atoms with Gasteiger partial charge in [0.25, 0.3) is 0 Å². The van der Waals surface area contributed by atoms with Gasteiger partial charge in [0.15, 0.2) is 0 Å². The summed E-state index contributed by atoms with van der Waals surface area (Å²) in [5, 5.41) is 21.1. The van der Waals surface area contributed by atoms with E-state index in [0.29, 0.717) is 5.46 Å². The van der Waals surface area contributed by atoms with Crippen molar-refractivity contribution in [2.24, 2.45) is 0 Å². The minimum atomic E-state index is -1.46. The fraction of sp³-hybridized carbons (Fsp3) is 0.231. The monoisotopic (exact) mass is 292 g/mol. The van der Waals surface area contributed by atoms with Crippen molar-refractivity contribution in [3.8, 4) is 0 Å². The summed E-state index contributed by atoms with van der Waals surface area (Å²) in [6, 6.07) is 11.7. The molecule has 0 bridgehead atoms. The summed E-state index contributed by atoms with van der Waals surface area (Å²) in [4.78, 5) is 0. The number of halogens is 1. The van der Waals surface area contributed by atoms with E-state index in [2.05, 4.69) is 15.9 Å². The average molecular weight is 293 g/mol. The zero-order valence-corrected chi connectivity index (χ0v) is 11.4. The van der Waals surface area contributed by atoms with Crippen LogP contribution in [-0.4, -0.2) is 17.2 Å². The van der Waals surface area contributed by atoms with Gasteiger partial charge < -0.3 is 10.0 Å². The third-order valence-corrected chi connectivity index (χ3v) is 3.30. The summed E-state index contributed by atoms with van der Waals surface area (Å²) in [5.74, 6) is 0. The van der Waals surface area contributed by atoms with Crippen LogP contribution in [0.4, 0.5) is 0 Å². The van der Waals surface area contributed by atoms with E-state index < -0.39 is 7.12 Å². The molecule has 0 aliphatic carbocycles. The largest absolute Gasteiger partial charge is 0.489 e. The fourth-order valence-electron chi connectivity index (χ4n) is 2.09. The Morgan fingerprint density at radius 2 is 1.71 bits per heavy atom. The van der Waals surface area contributed by atoms with E-state index in [9.17, 15) is 10.0 Å². The molecule has 0 saturated carbocycles. The van der Waals surface area contributed by atoms with Crippen molar-refractivity contribution in [1.29, 1.82) is 0 Å². The number of benzene rings is 2. The summed E-state index contributed by atoms with van der Waals surface area (Å²) < 4.78 is -0.296. The molecule has 0 saturated heterocycles. The Bertz CT molecular complexity index is 547. The Hall–Kier alpha value is -0.835. The maximum absolute atomic E-state index is 9.60. The molecule has 0 spiro atoms. The maximum atomic E-state index is 9.60. The molecule has 4 heteroatoms. The van der Waals surface area contributed by atoms with Gasteiger partial charge >= 0.3 is 7.12 Å². The van der Waals surface area contributed by atoms with Gasteiger partial charge in [0.05, 0.1) is 0 Å². The Morgan fingerprint density at radius 1 is 1.06 bits per heavy atom. The topological polar surface area (TPSA) is 40.5 Å². The van der Waals surface area contributed by atoms with Gasteiger partial charge in [0.2, 0.25) is 0 Å². The average Bonchev–Trinajstić information content (AvgIpc) is 2.26. The molecule has 2 nitrogen and oxygen atoms in total. The third kappa shape index (κ3) is 2.39. The molecule has 0 unspecified atom stereocenters. The first-order chi connectivity index (χ1) is 7.91. The lowest BCUT2D eigenvalue weighted by Crippen LogP contribution is -2.37. The van der Waals surface area contributed by atoms with Crippen LogP contribution in [0.25, 0.3) is 10.8 Å². The first kappa shape index (κ1) is 12.6. The van der Waals surface area contributed by atoms with Crippen LogP contribution >= 0.6 is 15.9 Å². The van der Waals surface area contributed by atoms with E-state index in [1.54, 1.807) is 0 Å². The molecule has 0 aromatic heterocycles. The van der Waals surface area contributed by atoms with E-state index in [4.69, 9.17) is 0 Å². The Labute approximate surface area is 110 Å². The van der Waals surface area contributed by atoms with Gasteiger partial charge in [-0.15, -0.1) is 0 Å². The van der Waals surface area contributed by atoms with E-state index in [-0.39, 0.29) is 4.32 Å². The number of rotatable bonds is 2. The molecule has 0 fully saturated rings. The highest BCUT2D eigenvalue weighted by atomic mass is 79.9. The second-order valence-corrected chi connectivity index (χ2v) is 6.58. The number of fused-ring (bicyclic) bond motifs is 1. The molecular weight excluding hydrogens is 279 g/mol. The number of hydrogen-bond donors (Lipinski definition) is 2. The van der Waals surface area contributed by atoms with Crippen LogP contribution in [0.1, 0.15) is 19.4 Å². The van der Waals surface area contributed by atoms with Gasteiger partial charge in [-0.3, -0.25) is 0 Å². The van der Waals surface area contributed by atoms with Crippen molar-refractivity contribution in [3.05, 3.63) is 42.0 Å². The molecule has 0 atom stereocenters. The smallest absolute Gasteiger partial charge is 0.423 e. The molecule has 0 radical (unpaired) electrons. The van der Waals surface area contributed by atoms with E-state index in [1.807, 2.05) is 50.2 Å². The molecule has 0 heterocycles. The van der Waals surface area contributed by atoms with Crippen molar-refractivity contribution < 1.29 is 10.0 Å². The number of alkyl halides is 1. The van der Waals surface area contributed by atoms with Gasteiger partial charge in [0.1, 0.15) is 0 Å². The molecule has 88 valence electrons. The second kappa shape index (κ2) is 4.44. The van der Waals surface area contributed by atoms with Gasteiger partial charge in [-0.05, 0) is 35.6 Å². The van der Waals surface area contributed by atoms with Crippen LogP contribution in [0, 0.1) is 0 Å². The lowest BCUT2D eigenvalue weighted by Gasteiger charge is -2.22. The highest BCUT2D eigenvalue weighted by Crippen LogP contribution is 2.30. The Morgan fingerprint density at radius 3 is 2.29 bits per heavy atom. The second-order valence-electron chi connectivity index (χ2n) is 4.59. The van der Waals surface area contributed by atoms with Crippen LogP contribution in [0.15, 0.2) is 36.4 Å². The molecule has 2 aromatic rings. The molecule has 0 aliphatic rings. The van der Waals surface area contributed by atoms with Crippen LogP contribution in [0.2, 0.25) is 0 Å². The van der Waals surface area contributed by atoms with Crippen LogP contribution < -0.4 is 5.46 Å². The SMILES string of the molecule is CC(C)(Br)c1ccc2ccccc2c1B(O)O. The van der Waals surface area contributed by atoms with Gasteiger partial charge in [-0.2, -0.15) is 0 Å². The first-order valence-corrected chi connectivity index (χ1v) is 6.28. The molecule has 2 rings (SSSR count). The first-order valence-electron chi connectivity index (χ1n) is 5.48. The standard InChI is InChI=1S/C13H14BBrO2/c1-13(2,15)11-8-7-9-5-3-4-6-10(9)12(11)14(16)17/h3-8,16-17H,1-2H3. The third-order valence-electron chi connectivity index (χ3n) is 2.87. The Balaban J connectivity index is 2.82. The molecule has 0 amide bonds. The predicted octanol–water partition coefficient (Wildman–Crippen LogP) is 2.15. The van der Waals surface area contributed by atoms with E-state index >= 15 is 0 Å². The lowest BCUT2D eigenvalue weighted by molar-refractivity contribution is 0.425. The minimum absolute atomic E-state index is 0.296. The number of hydrogen-bond acceptors (Lipinski definition) is 2. The van der Waals surface area contributed by atoms with E-state index in [0.717, 1.165) is 16.3 Å². The van der Waals surface area contributed by atoms with Crippen LogP contribution in [-0.2, 0) is 4.32 Å². The molecular formula is C13H14BBrO2. The zero-order chi connectivity index (χ0) is 12.6. The maximum Gasteiger partial charge on any atom is 0.489 e. The summed E-state index contributed by atoms with van der Waals surface area (Å²) in [6.45, 7) is 3.98. The quantitative estimate of drug-likeness (QED) is 0.658. The van der Waals surface area contributed by atoms with Crippen molar-refractivity contribution >= 4 is 39.3 Å². The fourth-order valence-corrected chi connectivity index (χ4v) is 2.44. The summed E-state index contributed by atoms with van der Waals surface area (Å²) in [7, 11) is -1.46. The molecule has 2 N–H and O–H groups in total. The molecule has 0 aliphatic heterocycles. The van der Waals surface area contributed by atoms with Crippen molar-refractivity contribution in [1.82, 2.24) is 0 Å². The normalized spacial score (nSPS) is 11.8. The lowest BCUT2D eigenvalue weighted by atomic mass is 9.71. The van der Waals surface area contributed by atoms with Crippen LogP contribution in [0.5, 0.6) is 0 Å². The van der Waals surface area contributed by atoms with Crippen molar-refractivity contribution in [3.63, 3.8) is 0 Å².